The predicted octanol–water partition coefficient (Wildman–Crippen LogP) is 1.87. The second kappa shape index (κ2) is 7.70. The molecule has 2 aromatic carbocycles. The molecule has 0 bridgehead atoms. The first-order valence-electron chi connectivity index (χ1n) is 8.83. The fourth-order valence-electron chi connectivity index (χ4n) is 3.37. The van der Waals surface area contributed by atoms with Gasteiger partial charge in [0, 0.05) is 20.1 Å². The van der Waals surface area contributed by atoms with Crippen molar-refractivity contribution in [2.75, 3.05) is 13.6 Å². The van der Waals surface area contributed by atoms with E-state index in [1.165, 1.54) is 5.56 Å². The van der Waals surface area contributed by atoms with E-state index in [-0.39, 0.29) is 18.4 Å². The molecule has 1 heterocycles. The van der Waals surface area contributed by atoms with Gasteiger partial charge in [-0.25, -0.2) is 0 Å². The van der Waals surface area contributed by atoms with E-state index in [2.05, 4.69) is 0 Å². The number of nitrogens with zero attached hydrogens (tertiary/aromatic N) is 2. The van der Waals surface area contributed by atoms with Crippen LogP contribution in [0.3, 0.4) is 0 Å². The quantitative estimate of drug-likeness (QED) is 0.894. The van der Waals surface area contributed by atoms with Crippen LogP contribution in [0.1, 0.15) is 22.3 Å². The third kappa shape index (κ3) is 4.11. The first-order valence-corrected chi connectivity index (χ1v) is 8.83. The first kappa shape index (κ1) is 18.1. The number of rotatable bonds is 5. The number of nitrogens with two attached hydrogens (primary N) is 1. The van der Waals surface area contributed by atoms with E-state index < -0.39 is 6.04 Å². The lowest BCUT2D eigenvalue weighted by Gasteiger charge is -2.35. The molecule has 0 saturated carbocycles. The maximum Gasteiger partial charge on any atom is 0.236 e. The van der Waals surface area contributed by atoms with Crippen LogP contribution in [0, 0.1) is 6.92 Å². The molecule has 136 valence electrons. The van der Waals surface area contributed by atoms with Crippen molar-refractivity contribution in [3.05, 3.63) is 70.8 Å². The minimum atomic E-state index is -0.443. The lowest BCUT2D eigenvalue weighted by Crippen LogP contribution is -2.51. The molecule has 1 aliphatic rings. The summed E-state index contributed by atoms with van der Waals surface area (Å²) in [5, 5.41) is 0. The van der Waals surface area contributed by atoms with Crippen LogP contribution in [-0.2, 0) is 29.1 Å². The second-order valence-electron chi connectivity index (χ2n) is 7.03. The van der Waals surface area contributed by atoms with Crippen molar-refractivity contribution in [2.45, 2.75) is 32.5 Å². The van der Waals surface area contributed by atoms with Crippen LogP contribution in [0.4, 0.5) is 0 Å². The fourth-order valence-corrected chi connectivity index (χ4v) is 3.37. The predicted molar refractivity (Wildman–Crippen MR) is 101 cm³/mol. The summed E-state index contributed by atoms with van der Waals surface area (Å²) < 4.78 is 0. The molecular weight excluding hydrogens is 326 g/mol. The summed E-state index contributed by atoms with van der Waals surface area (Å²) in [6, 6.07) is 15.7. The number of aryl methyl sites for hydroxylation is 1. The van der Waals surface area contributed by atoms with Gasteiger partial charge in [-0.1, -0.05) is 54.1 Å². The number of carbonyl (C=O) groups is 2. The van der Waals surface area contributed by atoms with Crippen LogP contribution in [0.15, 0.2) is 48.5 Å². The van der Waals surface area contributed by atoms with Gasteiger partial charge >= 0.3 is 0 Å². The average molecular weight is 351 g/mol. The van der Waals surface area contributed by atoms with Crippen molar-refractivity contribution < 1.29 is 9.59 Å². The number of primary amides is 1. The maximum absolute atomic E-state index is 12.7. The zero-order valence-corrected chi connectivity index (χ0v) is 15.3. The van der Waals surface area contributed by atoms with E-state index in [1.54, 1.807) is 11.9 Å². The van der Waals surface area contributed by atoms with E-state index in [4.69, 9.17) is 5.73 Å². The Morgan fingerprint density at radius 1 is 1.12 bits per heavy atom. The summed E-state index contributed by atoms with van der Waals surface area (Å²) in [5.74, 6) is -0.398. The number of fused-ring (bicyclic) bond motifs is 1. The Balaban J connectivity index is 1.68. The molecule has 0 aromatic heterocycles. The van der Waals surface area contributed by atoms with Gasteiger partial charge in [0.15, 0.2) is 0 Å². The number of amides is 2. The highest BCUT2D eigenvalue weighted by Gasteiger charge is 2.31. The SMILES string of the molecule is Cc1ccc(CN(C)C(=O)CN2Cc3ccccc3C[C@H]2C(N)=O)cc1. The molecule has 0 unspecified atom stereocenters. The van der Waals surface area contributed by atoms with Gasteiger partial charge < -0.3 is 10.6 Å². The van der Waals surface area contributed by atoms with Crippen LogP contribution >= 0.6 is 0 Å². The lowest BCUT2D eigenvalue weighted by molar-refractivity contribution is -0.134. The first-order chi connectivity index (χ1) is 12.4. The summed E-state index contributed by atoms with van der Waals surface area (Å²) in [6.07, 6.45) is 0.556. The van der Waals surface area contributed by atoms with E-state index in [9.17, 15) is 9.59 Å². The van der Waals surface area contributed by atoms with E-state index >= 15 is 0 Å². The van der Waals surface area contributed by atoms with Gasteiger partial charge in [0.1, 0.15) is 0 Å². The topological polar surface area (TPSA) is 66.6 Å². The Labute approximate surface area is 154 Å². The summed E-state index contributed by atoms with van der Waals surface area (Å²) in [4.78, 5) is 28.2. The summed E-state index contributed by atoms with van der Waals surface area (Å²) in [7, 11) is 1.79. The Hall–Kier alpha value is -2.66. The van der Waals surface area contributed by atoms with Crippen molar-refractivity contribution in [1.29, 1.82) is 0 Å². The van der Waals surface area contributed by atoms with Crippen LogP contribution < -0.4 is 5.73 Å². The Morgan fingerprint density at radius 2 is 1.77 bits per heavy atom. The van der Waals surface area contributed by atoms with Crippen molar-refractivity contribution >= 4 is 11.8 Å². The lowest BCUT2D eigenvalue weighted by atomic mass is 9.93. The number of hydrogen-bond acceptors (Lipinski definition) is 3. The molecule has 1 aliphatic heterocycles. The van der Waals surface area contributed by atoms with Gasteiger partial charge in [-0.05, 0) is 30.0 Å². The molecule has 0 saturated heterocycles. The van der Waals surface area contributed by atoms with Gasteiger partial charge in [-0.2, -0.15) is 0 Å². The minimum absolute atomic E-state index is 0.0174. The third-order valence-corrected chi connectivity index (χ3v) is 4.98. The molecular formula is C21H25N3O2. The van der Waals surface area contributed by atoms with Gasteiger partial charge in [-0.3, -0.25) is 14.5 Å². The van der Waals surface area contributed by atoms with Gasteiger partial charge in [0.2, 0.25) is 11.8 Å². The van der Waals surface area contributed by atoms with Gasteiger partial charge in [0.05, 0.1) is 12.6 Å². The molecule has 3 rings (SSSR count). The number of benzene rings is 2. The molecule has 2 N–H and O–H groups in total. The Kier molecular flexibility index (Phi) is 5.38. The number of hydrogen-bond donors (Lipinski definition) is 1. The van der Waals surface area contributed by atoms with Crippen LogP contribution in [-0.4, -0.2) is 41.2 Å². The second-order valence-corrected chi connectivity index (χ2v) is 7.03. The van der Waals surface area contributed by atoms with Crippen molar-refractivity contribution in [3.63, 3.8) is 0 Å². The average Bonchev–Trinajstić information content (AvgIpc) is 2.62. The molecule has 2 aromatic rings. The number of carbonyl (C=O) groups excluding carboxylic acids is 2. The van der Waals surface area contributed by atoms with E-state index in [0.717, 1.165) is 16.7 Å². The fraction of sp³-hybridized carbons (Fsp3) is 0.333. The monoisotopic (exact) mass is 351 g/mol. The van der Waals surface area contributed by atoms with Gasteiger partial charge in [-0.15, -0.1) is 0 Å². The smallest absolute Gasteiger partial charge is 0.236 e. The Bertz CT molecular complexity index is 801. The molecule has 0 radical (unpaired) electrons. The maximum atomic E-state index is 12.7. The molecule has 26 heavy (non-hydrogen) atoms. The highest BCUT2D eigenvalue weighted by molar-refractivity contribution is 5.83. The Morgan fingerprint density at radius 3 is 2.42 bits per heavy atom. The van der Waals surface area contributed by atoms with E-state index in [1.807, 2.05) is 60.4 Å². The molecule has 2 amide bonds. The highest BCUT2D eigenvalue weighted by Crippen LogP contribution is 2.23. The molecule has 0 spiro atoms. The van der Waals surface area contributed by atoms with Crippen LogP contribution in [0.25, 0.3) is 0 Å². The van der Waals surface area contributed by atoms with Crippen molar-refractivity contribution in [2.24, 2.45) is 5.73 Å². The summed E-state index contributed by atoms with van der Waals surface area (Å²) in [5.41, 5.74) is 10.2. The van der Waals surface area contributed by atoms with Crippen molar-refractivity contribution in [3.8, 4) is 0 Å². The molecule has 0 aliphatic carbocycles. The molecule has 0 fully saturated rings. The molecule has 5 heteroatoms. The van der Waals surface area contributed by atoms with Crippen molar-refractivity contribution in [1.82, 2.24) is 9.80 Å². The number of likely N-dealkylation sites (N-methyl/N-ethyl adjacent to an activating group) is 1. The zero-order chi connectivity index (χ0) is 18.7. The van der Waals surface area contributed by atoms with E-state index in [0.29, 0.717) is 19.5 Å². The minimum Gasteiger partial charge on any atom is -0.368 e. The van der Waals surface area contributed by atoms with Crippen LogP contribution in [0.2, 0.25) is 0 Å². The standard InChI is InChI=1S/C21H25N3O2/c1-15-7-9-16(10-8-15)12-23(2)20(25)14-24-13-18-6-4-3-5-17(18)11-19(24)21(22)26/h3-10,19H,11-14H2,1-2H3,(H2,22,26)/t19-/m0/s1. The van der Waals surface area contributed by atoms with Crippen LogP contribution in [0.5, 0.6) is 0 Å². The van der Waals surface area contributed by atoms with Gasteiger partial charge in [0.25, 0.3) is 0 Å². The highest BCUT2D eigenvalue weighted by atomic mass is 16.2. The normalized spacial score (nSPS) is 16.8. The molecule has 1 atom stereocenters. The largest absolute Gasteiger partial charge is 0.368 e. The molecule has 5 nitrogen and oxygen atoms in total. The summed E-state index contributed by atoms with van der Waals surface area (Å²) >= 11 is 0. The third-order valence-electron chi connectivity index (χ3n) is 4.98. The summed E-state index contributed by atoms with van der Waals surface area (Å²) in [6.45, 7) is 3.33. The zero-order valence-electron chi connectivity index (χ0n) is 15.3.